The summed E-state index contributed by atoms with van der Waals surface area (Å²) in [5, 5.41) is 8.17. The maximum absolute atomic E-state index is 14.0. The van der Waals surface area contributed by atoms with Crippen molar-refractivity contribution in [3.63, 3.8) is 0 Å². The van der Waals surface area contributed by atoms with Crippen LogP contribution in [0.2, 0.25) is 0 Å². The number of aryl methyl sites for hydroxylation is 1. The first-order chi connectivity index (χ1) is 24.1. The van der Waals surface area contributed by atoms with Crippen LogP contribution in [0.4, 0.5) is 18.9 Å². The number of carbonyl (C=O) groups excluding carboxylic acids is 2. The number of rotatable bonds is 6. The Morgan fingerprint density at radius 3 is 2.50 bits per heavy atom. The van der Waals surface area contributed by atoms with Gasteiger partial charge in [0, 0.05) is 61.8 Å². The predicted molar refractivity (Wildman–Crippen MR) is 181 cm³/mol. The van der Waals surface area contributed by atoms with Gasteiger partial charge in [-0.15, -0.1) is 5.10 Å². The molecule has 256 valence electrons. The molecule has 0 N–H and O–H groups in total. The molecule has 50 heavy (non-hydrogen) atoms. The fraction of sp³-hybridized carbons (Fsp3) is 0.351. The third-order valence-electron chi connectivity index (χ3n) is 10.4. The molecule has 4 aromatic rings. The van der Waals surface area contributed by atoms with E-state index in [-0.39, 0.29) is 18.4 Å². The summed E-state index contributed by atoms with van der Waals surface area (Å²) < 4.78 is 41.7. The summed E-state index contributed by atoms with van der Waals surface area (Å²) in [5.74, 6) is 0.0934. The number of aromatic nitrogens is 4. The molecule has 0 radical (unpaired) electrons. The molecule has 4 aliphatic rings. The second-order valence-electron chi connectivity index (χ2n) is 13.6. The highest BCUT2D eigenvalue weighted by Crippen LogP contribution is 2.43. The van der Waals surface area contributed by atoms with Gasteiger partial charge in [-0.1, -0.05) is 41.6 Å². The maximum atomic E-state index is 14.0. The number of alkyl halides is 3. The Morgan fingerprint density at radius 2 is 1.76 bits per heavy atom. The van der Waals surface area contributed by atoms with E-state index >= 15 is 0 Å². The van der Waals surface area contributed by atoms with Gasteiger partial charge in [-0.05, 0) is 66.8 Å². The topological polar surface area (TPSA) is 99.8 Å². The van der Waals surface area contributed by atoms with Crippen molar-refractivity contribution in [3.05, 3.63) is 101 Å². The van der Waals surface area contributed by atoms with Gasteiger partial charge < -0.3 is 9.80 Å². The number of anilines is 1. The lowest BCUT2D eigenvalue weighted by Gasteiger charge is -2.29. The van der Waals surface area contributed by atoms with Crippen LogP contribution in [-0.2, 0) is 29.4 Å². The number of aliphatic imine (C=N–C) groups is 1. The molecule has 2 amide bonds. The Hall–Kier alpha value is -5.17. The second-order valence-corrected chi connectivity index (χ2v) is 13.6. The standard InChI is InChI=1S/C37H35F3N8O2/c1-45-21-31(43-44-45)26-4-2-24(3-5-26)25-9-14-47(15-10-25)33(49)22-46-16-11-36(23-46)12-17-48(35(36)50)29-7-6-28-20-42-34(30(28)19-29)27-8-13-41-32(18-27)37(38,39)40/h2-9,13,18-19,21H,10-12,14-17,20,22-23H2,1H3/t36-/m0/s1. The smallest absolute Gasteiger partial charge is 0.338 e. The summed E-state index contributed by atoms with van der Waals surface area (Å²) >= 11 is 0. The number of halogens is 3. The number of pyridine rings is 1. The summed E-state index contributed by atoms with van der Waals surface area (Å²) in [5.41, 5.74) is 5.81. The Balaban J connectivity index is 0.890. The van der Waals surface area contributed by atoms with Crippen LogP contribution in [0.5, 0.6) is 0 Å². The summed E-state index contributed by atoms with van der Waals surface area (Å²) in [6.07, 6.45) is 2.72. The van der Waals surface area contributed by atoms with Crippen molar-refractivity contribution < 1.29 is 22.8 Å². The number of benzene rings is 2. The second kappa shape index (κ2) is 12.3. The average Bonchev–Trinajstić information content (AvgIpc) is 3.92. The van der Waals surface area contributed by atoms with Crippen LogP contribution >= 0.6 is 0 Å². The Labute approximate surface area is 286 Å². The average molecular weight is 681 g/mol. The predicted octanol–water partition coefficient (Wildman–Crippen LogP) is 4.99. The highest BCUT2D eigenvalue weighted by atomic mass is 19.4. The van der Waals surface area contributed by atoms with Crippen molar-refractivity contribution in [1.82, 2.24) is 29.8 Å². The number of nitrogens with zero attached hydrogens (tertiary/aromatic N) is 8. The maximum Gasteiger partial charge on any atom is 0.433 e. The first-order valence-corrected chi connectivity index (χ1v) is 16.8. The number of hydrogen-bond acceptors (Lipinski definition) is 7. The van der Waals surface area contributed by atoms with E-state index in [1.807, 2.05) is 48.5 Å². The highest BCUT2D eigenvalue weighted by molar-refractivity contribution is 6.16. The van der Waals surface area contributed by atoms with Gasteiger partial charge in [0.15, 0.2) is 0 Å². The van der Waals surface area contributed by atoms with E-state index < -0.39 is 17.3 Å². The Morgan fingerprint density at radius 1 is 0.960 bits per heavy atom. The zero-order chi connectivity index (χ0) is 34.6. The summed E-state index contributed by atoms with van der Waals surface area (Å²) in [4.78, 5) is 41.1. The molecule has 2 aromatic carbocycles. The van der Waals surface area contributed by atoms with Gasteiger partial charge in [-0.2, -0.15) is 13.2 Å². The van der Waals surface area contributed by atoms with Crippen molar-refractivity contribution in [2.24, 2.45) is 17.5 Å². The molecule has 4 aliphatic heterocycles. The number of likely N-dealkylation sites (tertiary alicyclic amines) is 1. The molecule has 13 heteroatoms. The van der Waals surface area contributed by atoms with E-state index in [1.165, 1.54) is 11.6 Å². The lowest BCUT2D eigenvalue weighted by Crippen LogP contribution is -2.43. The zero-order valence-electron chi connectivity index (χ0n) is 27.5. The van der Waals surface area contributed by atoms with Crippen LogP contribution in [0, 0.1) is 5.41 Å². The molecule has 1 spiro atoms. The number of carbonyl (C=O) groups is 2. The summed E-state index contributed by atoms with van der Waals surface area (Å²) in [7, 11) is 1.84. The third-order valence-corrected chi connectivity index (χ3v) is 10.4. The van der Waals surface area contributed by atoms with Crippen LogP contribution in [0.3, 0.4) is 0 Å². The molecule has 2 aromatic heterocycles. The normalized spacial score (nSPS) is 20.8. The SMILES string of the molecule is Cn1cc(-c2ccc(C3=CCN(C(=O)CN4CC[C@]5(CCN(c6ccc7c(c6)C(c6ccnc(C(F)(F)F)c6)=NC7)C5=O)C4)CC3)cc2)nn1. The van der Waals surface area contributed by atoms with Crippen molar-refractivity contribution >= 4 is 28.8 Å². The van der Waals surface area contributed by atoms with E-state index in [4.69, 9.17) is 0 Å². The largest absolute Gasteiger partial charge is 0.433 e. The van der Waals surface area contributed by atoms with E-state index in [2.05, 4.69) is 43.4 Å². The van der Waals surface area contributed by atoms with E-state index in [9.17, 15) is 22.8 Å². The molecular weight excluding hydrogens is 645 g/mol. The molecular formula is C37H35F3N8O2. The van der Waals surface area contributed by atoms with Gasteiger partial charge in [0.2, 0.25) is 11.8 Å². The van der Waals surface area contributed by atoms with E-state index in [1.54, 1.807) is 9.58 Å². The summed E-state index contributed by atoms with van der Waals surface area (Å²) in [6.45, 7) is 3.56. The fourth-order valence-electron chi connectivity index (χ4n) is 7.64. The van der Waals surface area contributed by atoms with Crippen LogP contribution in [0.15, 0.2) is 78.1 Å². The third kappa shape index (κ3) is 5.89. The van der Waals surface area contributed by atoms with Gasteiger partial charge in [0.05, 0.1) is 30.4 Å². The molecule has 0 bridgehead atoms. The zero-order valence-corrected chi connectivity index (χ0v) is 27.5. The molecule has 0 unspecified atom stereocenters. The lowest BCUT2D eigenvalue weighted by molar-refractivity contribution is -0.141. The van der Waals surface area contributed by atoms with Gasteiger partial charge in [0.25, 0.3) is 0 Å². The molecule has 10 nitrogen and oxygen atoms in total. The van der Waals surface area contributed by atoms with Crippen LogP contribution in [-0.4, -0.2) is 86.6 Å². The molecule has 2 saturated heterocycles. The lowest BCUT2D eigenvalue weighted by atomic mass is 9.85. The monoisotopic (exact) mass is 680 g/mol. The molecule has 2 fully saturated rings. The van der Waals surface area contributed by atoms with Gasteiger partial charge in [-0.3, -0.25) is 29.1 Å². The molecule has 8 rings (SSSR count). The minimum atomic E-state index is -4.56. The molecule has 6 heterocycles. The molecule has 1 atom stereocenters. The quantitative estimate of drug-likeness (QED) is 0.285. The van der Waals surface area contributed by atoms with Crippen LogP contribution in [0.1, 0.15) is 47.2 Å². The van der Waals surface area contributed by atoms with Crippen LogP contribution in [0.25, 0.3) is 16.8 Å². The minimum Gasteiger partial charge on any atom is -0.338 e. The number of hydrogen-bond donors (Lipinski definition) is 0. The van der Waals surface area contributed by atoms with Crippen molar-refractivity contribution in [2.75, 3.05) is 44.2 Å². The number of amides is 2. The Bertz CT molecular complexity index is 2050. The first kappa shape index (κ1) is 32.1. The first-order valence-electron chi connectivity index (χ1n) is 16.8. The minimum absolute atomic E-state index is 0.0306. The van der Waals surface area contributed by atoms with Crippen molar-refractivity contribution in [1.29, 1.82) is 0 Å². The summed E-state index contributed by atoms with van der Waals surface area (Å²) in [6, 6.07) is 16.5. The van der Waals surface area contributed by atoms with Gasteiger partial charge in [-0.25, -0.2) is 0 Å². The highest BCUT2D eigenvalue weighted by Gasteiger charge is 2.51. The number of fused-ring (bicyclic) bond motifs is 1. The van der Waals surface area contributed by atoms with Crippen LogP contribution < -0.4 is 4.90 Å². The van der Waals surface area contributed by atoms with E-state index in [0.717, 1.165) is 46.6 Å². The van der Waals surface area contributed by atoms with E-state index in [0.29, 0.717) is 69.1 Å². The molecule has 0 saturated carbocycles. The molecule has 0 aliphatic carbocycles. The Kier molecular flexibility index (Phi) is 7.89. The van der Waals surface area contributed by atoms with Gasteiger partial charge in [0.1, 0.15) is 11.4 Å². The van der Waals surface area contributed by atoms with Crippen molar-refractivity contribution in [3.8, 4) is 11.3 Å². The fourth-order valence-corrected chi connectivity index (χ4v) is 7.64. The van der Waals surface area contributed by atoms with Gasteiger partial charge >= 0.3 is 6.18 Å². The van der Waals surface area contributed by atoms with Crippen molar-refractivity contribution in [2.45, 2.75) is 32.0 Å².